The van der Waals surface area contributed by atoms with E-state index in [1.54, 1.807) is 19.2 Å². The van der Waals surface area contributed by atoms with E-state index >= 15 is 0 Å². The summed E-state index contributed by atoms with van der Waals surface area (Å²) in [6.07, 6.45) is 5.04. The van der Waals surface area contributed by atoms with E-state index in [0.717, 1.165) is 12.1 Å². The summed E-state index contributed by atoms with van der Waals surface area (Å²) in [5.74, 6) is 0.727. The summed E-state index contributed by atoms with van der Waals surface area (Å²) in [6.45, 7) is 5.21. The van der Waals surface area contributed by atoms with E-state index in [4.69, 9.17) is 4.74 Å². The first-order chi connectivity index (χ1) is 8.67. The van der Waals surface area contributed by atoms with Crippen molar-refractivity contribution in [2.45, 2.75) is 52.1 Å². The van der Waals surface area contributed by atoms with Gasteiger partial charge in [-0.05, 0) is 31.0 Å². The molecule has 1 aromatic carbocycles. The lowest BCUT2D eigenvalue weighted by Gasteiger charge is -2.14. The van der Waals surface area contributed by atoms with Crippen LogP contribution in [0.25, 0.3) is 0 Å². The molecule has 0 aromatic heterocycles. The molecular weight excluding hydrogens is 226 g/mol. The fourth-order valence-corrected chi connectivity index (χ4v) is 1.94. The van der Waals surface area contributed by atoms with Crippen molar-refractivity contribution in [3.63, 3.8) is 0 Å². The summed E-state index contributed by atoms with van der Waals surface area (Å²) in [5.41, 5.74) is 1.08. The number of unbranched alkanes of at least 4 members (excludes halogenated alkanes) is 2. The standard InChI is InChI=1S/C15H25NO2/c1-4-5-6-7-12(2)16-11-13-8-9-15(18-3)14(17)10-13/h8-10,12,16-17H,4-7,11H2,1-3H3. The fraction of sp³-hybridized carbons (Fsp3) is 0.600. The maximum atomic E-state index is 9.68. The van der Waals surface area contributed by atoms with Crippen LogP contribution in [0.5, 0.6) is 11.5 Å². The molecule has 3 nitrogen and oxygen atoms in total. The van der Waals surface area contributed by atoms with E-state index in [-0.39, 0.29) is 5.75 Å². The van der Waals surface area contributed by atoms with Crippen LogP contribution >= 0.6 is 0 Å². The highest BCUT2D eigenvalue weighted by atomic mass is 16.5. The average Bonchev–Trinajstić information content (AvgIpc) is 2.37. The van der Waals surface area contributed by atoms with Gasteiger partial charge in [-0.25, -0.2) is 0 Å². The van der Waals surface area contributed by atoms with E-state index in [1.165, 1.54) is 25.7 Å². The van der Waals surface area contributed by atoms with Gasteiger partial charge in [-0.2, -0.15) is 0 Å². The van der Waals surface area contributed by atoms with Gasteiger partial charge in [0.2, 0.25) is 0 Å². The minimum atomic E-state index is 0.204. The summed E-state index contributed by atoms with van der Waals surface area (Å²) in [6, 6.07) is 6.05. The largest absolute Gasteiger partial charge is 0.504 e. The topological polar surface area (TPSA) is 41.5 Å². The number of aromatic hydroxyl groups is 1. The van der Waals surface area contributed by atoms with Crippen molar-refractivity contribution in [1.29, 1.82) is 0 Å². The summed E-state index contributed by atoms with van der Waals surface area (Å²) in [7, 11) is 1.56. The van der Waals surface area contributed by atoms with Gasteiger partial charge >= 0.3 is 0 Å². The molecule has 1 rings (SSSR count). The number of phenolic OH excluding ortho intramolecular Hbond substituents is 1. The summed E-state index contributed by atoms with van der Waals surface area (Å²) in [5, 5.41) is 13.1. The zero-order valence-corrected chi connectivity index (χ0v) is 11.7. The summed E-state index contributed by atoms with van der Waals surface area (Å²) >= 11 is 0. The number of hydrogen-bond donors (Lipinski definition) is 2. The van der Waals surface area contributed by atoms with Gasteiger partial charge in [0.15, 0.2) is 11.5 Å². The molecule has 0 radical (unpaired) electrons. The van der Waals surface area contributed by atoms with Gasteiger partial charge in [0.05, 0.1) is 7.11 Å². The lowest BCUT2D eigenvalue weighted by atomic mass is 10.1. The van der Waals surface area contributed by atoms with Crippen molar-refractivity contribution in [3.8, 4) is 11.5 Å². The summed E-state index contributed by atoms with van der Waals surface area (Å²) < 4.78 is 5.02. The molecule has 0 bridgehead atoms. The molecule has 18 heavy (non-hydrogen) atoms. The highest BCUT2D eigenvalue weighted by Gasteiger charge is 2.04. The molecule has 2 N–H and O–H groups in total. The molecule has 1 atom stereocenters. The van der Waals surface area contributed by atoms with Gasteiger partial charge in [0.25, 0.3) is 0 Å². The smallest absolute Gasteiger partial charge is 0.160 e. The zero-order valence-electron chi connectivity index (χ0n) is 11.7. The molecule has 1 aromatic rings. The van der Waals surface area contributed by atoms with Gasteiger partial charge in [-0.1, -0.05) is 32.3 Å². The molecule has 0 amide bonds. The Kier molecular flexibility index (Phi) is 6.58. The number of phenols is 1. The number of rotatable bonds is 8. The van der Waals surface area contributed by atoms with E-state index in [1.807, 2.05) is 6.07 Å². The van der Waals surface area contributed by atoms with E-state index in [0.29, 0.717) is 11.8 Å². The Hall–Kier alpha value is -1.22. The molecule has 0 spiro atoms. The van der Waals surface area contributed by atoms with Crippen LogP contribution in [0.1, 0.15) is 45.1 Å². The zero-order chi connectivity index (χ0) is 13.4. The normalized spacial score (nSPS) is 12.4. The first-order valence-corrected chi connectivity index (χ1v) is 6.76. The van der Waals surface area contributed by atoms with E-state index in [9.17, 15) is 5.11 Å². The highest BCUT2D eigenvalue weighted by Crippen LogP contribution is 2.26. The minimum Gasteiger partial charge on any atom is -0.504 e. The van der Waals surface area contributed by atoms with Crippen LogP contribution in [0.3, 0.4) is 0 Å². The van der Waals surface area contributed by atoms with Crippen LogP contribution in [0.15, 0.2) is 18.2 Å². The SMILES string of the molecule is CCCCCC(C)NCc1ccc(OC)c(O)c1. The predicted molar refractivity (Wildman–Crippen MR) is 75.1 cm³/mol. The second-order valence-corrected chi connectivity index (χ2v) is 4.78. The number of methoxy groups -OCH3 is 1. The van der Waals surface area contributed by atoms with Crippen LogP contribution in [-0.2, 0) is 6.54 Å². The van der Waals surface area contributed by atoms with Crippen molar-refractivity contribution in [3.05, 3.63) is 23.8 Å². The Bertz CT molecular complexity index is 352. The first kappa shape index (κ1) is 14.8. The molecule has 0 aliphatic carbocycles. The van der Waals surface area contributed by atoms with Gasteiger partial charge < -0.3 is 15.2 Å². The third kappa shape index (κ3) is 4.96. The molecule has 0 fully saturated rings. The van der Waals surface area contributed by atoms with Crippen molar-refractivity contribution in [2.75, 3.05) is 7.11 Å². The number of hydrogen-bond acceptors (Lipinski definition) is 3. The molecule has 3 heteroatoms. The number of benzene rings is 1. The maximum absolute atomic E-state index is 9.68. The predicted octanol–water partition coefficient (Wildman–Crippen LogP) is 3.46. The molecule has 0 saturated heterocycles. The van der Waals surface area contributed by atoms with E-state index in [2.05, 4.69) is 19.2 Å². The minimum absolute atomic E-state index is 0.204. The highest BCUT2D eigenvalue weighted by molar-refractivity contribution is 5.41. The van der Waals surface area contributed by atoms with Crippen LogP contribution in [-0.4, -0.2) is 18.3 Å². The monoisotopic (exact) mass is 251 g/mol. The Morgan fingerprint density at radius 1 is 1.33 bits per heavy atom. The van der Waals surface area contributed by atoms with Crippen LogP contribution in [0.2, 0.25) is 0 Å². The number of nitrogens with one attached hydrogen (secondary N) is 1. The van der Waals surface area contributed by atoms with Crippen LogP contribution in [0.4, 0.5) is 0 Å². The van der Waals surface area contributed by atoms with Crippen molar-refractivity contribution < 1.29 is 9.84 Å². The van der Waals surface area contributed by atoms with Crippen molar-refractivity contribution >= 4 is 0 Å². The number of ether oxygens (including phenoxy) is 1. The molecule has 0 aliphatic heterocycles. The van der Waals surface area contributed by atoms with E-state index < -0.39 is 0 Å². The lowest BCUT2D eigenvalue weighted by Crippen LogP contribution is -2.25. The lowest BCUT2D eigenvalue weighted by molar-refractivity contribution is 0.372. The molecule has 0 aliphatic rings. The second kappa shape index (κ2) is 7.98. The van der Waals surface area contributed by atoms with Gasteiger partial charge in [0, 0.05) is 12.6 Å². The summed E-state index contributed by atoms with van der Waals surface area (Å²) in [4.78, 5) is 0. The third-order valence-electron chi connectivity index (χ3n) is 3.14. The van der Waals surface area contributed by atoms with Crippen LogP contribution < -0.4 is 10.1 Å². The Morgan fingerprint density at radius 3 is 2.72 bits per heavy atom. The van der Waals surface area contributed by atoms with Gasteiger partial charge in [-0.3, -0.25) is 0 Å². The Morgan fingerprint density at radius 2 is 2.11 bits per heavy atom. The quantitative estimate of drug-likeness (QED) is 0.695. The molecular formula is C15H25NO2. The average molecular weight is 251 g/mol. The Labute approximate surface area is 110 Å². The Balaban J connectivity index is 2.36. The molecule has 1 unspecified atom stereocenters. The van der Waals surface area contributed by atoms with Crippen LogP contribution in [0, 0.1) is 0 Å². The second-order valence-electron chi connectivity index (χ2n) is 4.78. The maximum Gasteiger partial charge on any atom is 0.160 e. The van der Waals surface area contributed by atoms with Gasteiger partial charge in [-0.15, -0.1) is 0 Å². The first-order valence-electron chi connectivity index (χ1n) is 6.76. The van der Waals surface area contributed by atoms with Crippen molar-refractivity contribution in [2.24, 2.45) is 0 Å². The molecule has 102 valence electrons. The third-order valence-corrected chi connectivity index (χ3v) is 3.14. The molecule has 0 heterocycles. The fourth-order valence-electron chi connectivity index (χ4n) is 1.94. The van der Waals surface area contributed by atoms with Gasteiger partial charge in [0.1, 0.15) is 0 Å². The molecule has 0 saturated carbocycles. The van der Waals surface area contributed by atoms with Crippen molar-refractivity contribution in [1.82, 2.24) is 5.32 Å².